The summed E-state index contributed by atoms with van der Waals surface area (Å²) < 4.78 is 40.1. The molecular weight excluding hydrogens is 508 g/mol. The second-order valence-corrected chi connectivity index (χ2v) is 9.99. The fourth-order valence-corrected chi connectivity index (χ4v) is 4.64. The number of para-hydroxylation sites is 2. The van der Waals surface area contributed by atoms with Crippen LogP contribution in [-0.2, 0) is 14.8 Å². The molecule has 5 N–H and O–H groups in total. The minimum Gasteiger partial charge on any atom is -0.497 e. The Morgan fingerprint density at radius 2 is 1.55 bits per heavy atom. The van der Waals surface area contributed by atoms with Gasteiger partial charge in [0, 0.05) is 42.5 Å². The number of anilines is 4. The van der Waals surface area contributed by atoms with Gasteiger partial charge < -0.3 is 25.8 Å². The molecule has 0 aliphatic rings. The van der Waals surface area contributed by atoms with E-state index >= 15 is 0 Å². The van der Waals surface area contributed by atoms with Crippen molar-refractivity contribution in [2.75, 3.05) is 36.1 Å². The minimum absolute atomic E-state index is 0.0141. The summed E-state index contributed by atoms with van der Waals surface area (Å²) in [7, 11) is -1.07. The van der Waals surface area contributed by atoms with Crippen LogP contribution < -0.4 is 30.6 Å². The molecule has 0 unspecified atom stereocenters. The Bertz CT molecular complexity index is 1570. The van der Waals surface area contributed by atoms with Gasteiger partial charge in [-0.15, -0.1) is 0 Å². The van der Waals surface area contributed by atoms with Crippen molar-refractivity contribution in [2.45, 2.75) is 18.2 Å². The molecule has 1 heterocycles. The Hall–Kier alpha value is -4.42. The van der Waals surface area contributed by atoms with Gasteiger partial charge in [-0.3, -0.25) is 9.52 Å². The number of amides is 1. The van der Waals surface area contributed by atoms with Crippen molar-refractivity contribution >= 4 is 50.0 Å². The molecule has 198 valence electrons. The summed E-state index contributed by atoms with van der Waals surface area (Å²) in [5.41, 5.74) is 8.13. The summed E-state index contributed by atoms with van der Waals surface area (Å²) in [5.74, 6) is 0.919. The molecule has 38 heavy (non-hydrogen) atoms. The van der Waals surface area contributed by atoms with Gasteiger partial charge in [0.1, 0.15) is 11.5 Å². The lowest BCUT2D eigenvalue weighted by Crippen LogP contribution is -2.18. The highest BCUT2D eigenvalue weighted by atomic mass is 32.2. The van der Waals surface area contributed by atoms with E-state index in [4.69, 9.17) is 15.2 Å². The van der Waals surface area contributed by atoms with Crippen molar-refractivity contribution in [3.8, 4) is 11.5 Å². The number of sulfonamides is 1. The molecule has 1 amide bonds. The van der Waals surface area contributed by atoms with Crippen molar-refractivity contribution in [3.05, 3.63) is 66.2 Å². The number of fused-ring (bicyclic) bond motifs is 1. The molecule has 3 aromatic carbocycles. The van der Waals surface area contributed by atoms with E-state index in [1.54, 1.807) is 49.4 Å². The Morgan fingerprint density at radius 3 is 2.16 bits per heavy atom. The quantitative estimate of drug-likeness (QED) is 0.237. The summed E-state index contributed by atoms with van der Waals surface area (Å²) in [5, 5.41) is 5.82. The molecule has 11 nitrogen and oxygen atoms in total. The highest BCUT2D eigenvalue weighted by Crippen LogP contribution is 2.32. The number of nitrogens with two attached hydrogens (primary N) is 1. The van der Waals surface area contributed by atoms with Crippen LogP contribution >= 0.6 is 0 Å². The lowest BCUT2D eigenvalue weighted by atomic mass is 10.2. The van der Waals surface area contributed by atoms with Gasteiger partial charge >= 0.3 is 0 Å². The lowest BCUT2D eigenvalue weighted by Gasteiger charge is -2.16. The molecule has 0 radical (unpaired) electrons. The van der Waals surface area contributed by atoms with E-state index in [9.17, 15) is 13.2 Å². The Kier molecular flexibility index (Phi) is 7.93. The summed E-state index contributed by atoms with van der Waals surface area (Å²) in [6, 6.07) is 16.7. The largest absolute Gasteiger partial charge is 0.497 e. The Labute approximate surface area is 220 Å². The number of nitrogens with one attached hydrogen (secondary N) is 3. The zero-order chi connectivity index (χ0) is 27.3. The fourth-order valence-electron chi connectivity index (χ4n) is 3.61. The van der Waals surface area contributed by atoms with Crippen molar-refractivity contribution in [3.63, 3.8) is 0 Å². The van der Waals surface area contributed by atoms with E-state index in [1.807, 2.05) is 6.07 Å². The number of aryl methyl sites for hydroxylation is 1. The number of ether oxygens (including phenoxy) is 2. The van der Waals surface area contributed by atoms with Gasteiger partial charge in [-0.05, 0) is 36.8 Å². The SMILES string of the molecule is COc1cc(Nc2nc3ccccc3nc2NS(=O)(=O)c2ccc(C)c(NC(=O)CCN)c2)cc(OC)c1. The Morgan fingerprint density at radius 1 is 0.921 bits per heavy atom. The van der Waals surface area contributed by atoms with Crippen LogP contribution in [-0.4, -0.2) is 45.1 Å². The van der Waals surface area contributed by atoms with Gasteiger partial charge in [0.25, 0.3) is 10.0 Å². The lowest BCUT2D eigenvalue weighted by molar-refractivity contribution is -0.116. The van der Waals surface area contributed by atoms with Crippen LogP contribution in [0.3, 0.4) is 0 Å². The standard InChI is InChI=1S/C26H28N6O5S/c1-16-8-9-20(15-23(16)29-24(33)10-11-27)38(34,35)32-26-25(30-21-6-4-5-7-22(21)31-26)28-17-12-18(36-2)14-19(13-17)37-3/h4-9,12-15H,10-11,27H2,1-3H3,(H,28,30)(H,29,33)(H,31,32). The monoisotopic (exact) mass is 536 g/mol. The van der Waals surface area contributed by atoms with Crippen LogP contribution in [0.4, 0.5) is 23.0 Å². The smallest absolute Gasteiger partial charge is 0.263 e. The van der Waals surface area contributed by atoms with E-state index < -0.39 is 10.0 Å². The van der Waals surface area contributed by atoms with E-state index in [0.29, 0.717) is 39.5 Å². The molecule has 0 spiro atoms. The Balaban J connectivity index is 1.73. The number of nitrogens with zero attached hydrogens (tertiary/aromatic N) is 2. The van der Waals surface area contributed by atoms with E-state index in [1.165, 1.54) is 26.4 Å². The van der Waals surface area contributed by atoms with Crippen LogP contribution in [0, 0.1) is 6.92 Å². The maximum atomic E-state index is 13.4. The molecule has 0 bridgehead atoms. The van der Waals surface area contributed by atoms with Crippen molar-refractivity contribution < 1.29 is 22.7 Å². The molecule has 12 heteroatoms. The van der Waals surface area contributed by atoms with Crippen molar-refractivity contribution in [2.24, 2.45) is 5.73 Å². The second-order valence-electron chi connectivity index (χ2n) is 8.30. The topological polar surface area (TPSA) is 158 Å². The number of hydrogen-bond acceptors (Lipinski definition) is 9. The van der Waals surface area contributed by atoms with Crippen LogP contribution in [0.5, 0.6) is 11.5 Å². The molecule has 0 saturated carbocycles. The molecule has 4 rings (SSSR count). The first-order chi connectivity index (χ1) is 18.2. The third-order valence-electron chi connectivity index (χ3n) is 5.58. The number of methoxy groups -OCH3 is 2. The molecule has 0 aliphatic carbocycles. The molecule has 1 aromatic heterocycles. The number of rotatable bonds is 10. The third kappa shape index (κ3) is 6.10. The van der Waals surface area contributed by atoms with E-state index in [0.717, 1.165) is 0 Å². The number of aromatic nitrogens is 2. The molecular formula is C26H28N6O5S. The normalized spacial score (nSPS) is 11.2. The highest BCUT2D eigenvalue weighted by Gasteiger charge is 2.21. The number of carbonyl (C=O) groups excluding carboxylic acids is 1. The van der Waals surface area contributed by atoms with Crippen LogP contribution in [0.25, 0.3) is 11.0 Å². The molecule has 0 aliphatic heterocycles. The van der Waals surface area contributed by atoms with Crippen molar-refractivity contribution in [1.82, 2.24) is 9.97 Å². The first-order valence-corrected chi connectivity index (χ1v) is 13.1. The average Bonchev–Trinajstić information content (AvgIpc) is 2.89. The van der Waals surface area contributed by atoms with Crippen LogP contribution in [0.1, 0.15) is 12.0 Å². The van der Waals surface area contributed by atoms with Gasteiger partial charge in [-0.1, -0.05) is 18.2 Å². The maximum absolute atomic E-state index is 13.4. The highest BCUT2D eigenvalue weighted by molar-refractivity contribution is 7.92. The van der Waals surface area contributed by atoms with Crippen LogP contribution in [0.2, 0.25) is 0 Å². The fraction of sp³-hybridized carbons (Fsp3) is 0.192. The maximum Gasteiger partial charge on any atom is 0.263 e. The second kappa shape index (κ2) is 11.3. The van der Waals surface area contributed by atoms with Gasteiger partial charge in [0.15, 0.2) is 11.6 Å². The number of benzene rings is 3. The summed E-state index contributed by atoms with van der Waals surface area (Å²) >= 11 is 0. The van der Waals surface area contributed by atoms with Gasteiger partial charge in [-0.2, -0.15) is 0 Å². The first kappa shape index (κ1) is 26.6. The van der Waals surface area contributed by atoms with Gasteiger partial charge in [0.05, 0.1) is 30.1 Å². The predicted molar refractivity (Wildman–Crippen MR) is 147 cm³/mol. The summed E-state index contributed by atoms with van der Waals surface area (Å²) in [6.45, 7) is 1.95. The third-order valence-corrected chi connectivity index (χ3v) is 6.92. The molecule has 0 fully saturated rings. The van der Waals surface area contributed by atoms with Crippen LogP contribution in [0.15, 0.2) is 65.6 Å². The molecule has 4 aromatic rings. The van der Waals surface area contributed by atoms with Gasteiger partial charge in [0.2, 0.25) is 5.91 Å². The zero-order valence-electron chi connectivity index (χ0n) is 21.1. The first-order valence-electron chi connectivity index (χ1n) is 11.6. The number of carbonyl (C=O) groups is 1. The zero-order valence-corrected chi connectivity index (χ0v) is 21.9. The average molecular weight is 537 g/mol. The van der Waals surface area contributed by atoms with E-state index in [2.05, 4.69) is 25.3 Å². The molecule has 0 atom stereocenters. The summed E-state index contributed by atoms with van der Waals surface area (Å²) in [6.07, 6.45) is 0.117. The molecule has 0 saturated heterocycles. The predicted octanol–water partition coefficient (Wildman–Crippen LogP) is 3.79. The minimum atomic E-state index is -4.13. The van der Waals surface area contributed by atoms with Crippen molar-refractivity contribution in [1.29, 1.82) is 0 Å². The number of hydrogen-bond donors (Lipinski definition) is 4. The summed E-state index contributed by atoms with van der Waals surface area (Å²) in [4.78, 5) is 21.1. The van der Waals surface area contributed by atoms with E-state index in [-0.39, 0.29) is 35.4 Å². The van der Waals surface area contributed by atoms with Gasteiger partial charge in [-0.25, -0.2) is 18.4 Å².